The average molecular weight is 835 g/mol. The van der Waals surface area contributed by atoms with E-state index in [1.165, 1.54) is 77.0 Å². The van der Waals surface area contributed by atoms with Gasteiger partial charge >= 0.3 is 19.8 Å². The van der Waals surface area contributed by atoms with Gasteiger partial charge in [0, 0.05) is 12.8 Å². The first-order valence-electron chi connectivity index (χ1n) is 22.7. The zero-order valence-corrected chi connectivity index (χ0v) is 38.4. The number of esters is 2. The van der Waals surface area contributed by atoms with E-state index in [2.05, 4.69) is 74.6 Å². The van der Waals surface area contributed by atoms with Crippen LogP contribution in [0.4, 0.5) is 0 Å². The lowest BCUT2D eigenvalue weighted by atomic mass is 10.0. The fraction of sp³-hybridized carbons (Fsp3) is 0.708. The van der Waals surface area contributed by atoms with E-state index in [0.717, 1.165) is 57.8 Å². The van der Waals surface area contributed by atoms with E-state index in [9.17, 15) is 19.0 Å². The van der Waals surface area contributed by atoms with Gasteiger partial charge in [-0.1, -0.05) is 177 Å². The Morgan fingerprint density at radius 3 is 1.43 bits per heavy atom. The molecular weight excluding hydrogens is 750 g/mol. The van der Waals surface area contributed by atoms with Gasteiger partial charge in [-0.25, -0.2) is 4.57 Å². The van der Waals surface area contributed by atoms with Gasteiger partial charge in [-0.15, -0.1) is 0 Å². The molecule has 0 spiro atoms. The van der Waals surface area contributed by atoms with Crippen molar-refractivity contribution in [2.45, 2.75) is 174 Å². The van der Waals surface area contributed by atoms with E-state index in [-0.39, 0.29) is 32.0 Å². The molecule has 0 aliphatic heterocycles. The van der Waals surface area contributed by atoms with Crippen molar-refractivity contribution in [1.29, 1.82) is 0 Å². The van der Waals surface area contributed by atoms with E-state index in [0.29, 0.717) is 17.4 Å². The maximum Gasteiger partial charge on any atom is 0.472 e. The fourth-order valence-corrected chi connectivity index (χ4v) is 6.49. The number of hydrogen-bond acceptors (Lipinski definition) is 7. The standard InChI is InChI=1S/C48H84NO8P/c1-6-8-10-12-14-16-18-20-22-23-24-25-27-29-31-33-35-37-39-41-48(51)57-46(45-56-58(52,53)55-43-42-49(3,4)5)44-54-47(50)40-38-36-34-32-30-28-26-21-19-17-15-13-11-9-7-2/h8,10,14,16,20,22,24-25,29,31,35,37,46H,6-7,9,11-13,15,17-19,21,23,26-28,30,32-34,36,38-45H2,1-5H3/p+1/b10-8+,16-14+,22-20+,25-24+,31-29+,37-35+. The molecule has 334 valence electrons. The van der Waals surface area contributed by atoms with Crippen LogP contribution >= 0.6 is 7.82 Å². The normalized spacial score (nSPS) is 14.2. The molecule has 0 aliphatic rings. The molecule has 0 rings (SSSR count). The summed E-state index contributed by atoms with van der Waals surface area (Å²) in [5.74, 6) is -0.898. The van der Waals surface area contributed by atoms with Crippen LogP contribution < -0.4 is 0 Å². The summed E-state index contributed by atoms with van der Waals surface area (Å²) in [4.78, 5) is 35.4. The number of ether oxygens (including phenoxy) is 2. The van der Waals surface area contributed by atoms with Crippen LogP contribution in [0.25, 0.3) is 0 Å². The first-order valence-corrected chi connectivity index (χ1v) is 24.2. The second-order valence-electron chi connectivity index (χ2n) is 16.1. The average Bonchev–Trinajstić information content (AvgIpc) is 3.17. The Balaban J connectivity index is 4.48. The van der Waals surface area contributed by atoms with Gasteiger partial charge in [0.2, 0.25) is 0 Å². The number of carbonyl (C=O) groups excluding carboxylic acids is 2. The van der Waals surface area contributed by atoms with E-state index in [1.807, 2.05) is 33.3 Å². The van der Waals surface area contributed by atoms with E-state index in [4.69, 9.17) is 18.5 Å². The first kappa shape index (κ1) is 55.5. The van der Waals surface area contributed by atoms with Crippen LogP contribution in [0.15, 0.2) is 72.9 Å². The number of phosphoric acid groups is 1. The third-order valence-electron chi connectivity index (χ3n) is 9.26. The highest BCUT2D eigenvalue weighted by Gasteiger charge is 2.27. The van der Waals surface area contributed by atoms with Crippen LogP contribution in [0.3, 0.4) is 0 Å². The zero-order chi connectivity index (χ0) is 42.8. The van der Waals surface area contributed by atoms with Crippen molar-refractivity contribution in [1.82, 2.24) is 0 Å². The second kappa shape index (κ2) is 39.9. The third kappa shape index (κ3) is 43.0. The number of nitrogens with zero attached hydrogens (tertiary/aromatic N) is 1. The maximum absolute atomic E-state index is 12.7. The summed E-state index contributed by atoms with van der Waals surface area (Å²) in [6, 6.07) is 0. The maximum atomic E-state index is 12.7. The molecule has 2 unspecified atom stereocenters. The molecule has 0 saturated carbocycles. The summed E-state index contributed by atoms with van der Waals surface area (Å²) in [5.41, 5.74) is 0. The minimum Gasteiger partial charge on any atom is -0.462 e. The Morgan fingerprint density at radius 2 is 0.983 bits per heavy atom. The largest absolute Gasteiger partial charge is 0.472 e. The van der Waals surface area contributed by atoms with E-state index >= 15 is 0 Å². The number of unbranched alkanes of at least 4 members (excludes halogenated alkanes) is 14. The summed E-state index contributed by atoms with van der Waals surface area (Å²) in [7, 11) is 1.42. The number of carbonyl (C=O) groups is 2. The van der Waals surface area contributed by atoms with Gasteiger partial charge in [0.15, 0.2) is 6.10 Å². The number of phosphoric ester groups is 1. The predicted molar refractivity (Wildman–Crippen MR) is 242 cm³/mol. The smallest absolute Gasteiger partial charge is 0.462 e. The molecule has 0 heterocycles. The van der Waals surface area contributed by atoms with Crippen molar-refractivity contribution >= 4 is 19.8 Å². The number of hydrogen-bond donors (Lipinski definition) is 1. The van der Waals surface area contributed by atoms with Gasteiger partial charge < -0.3 is 18.9 Å². The van der Waals surface area contributed by atoms with Crippen molar-refractivity contribution in [3.05, 3.63) is 72.9 Å². The molecule has 0 bridgehead atoms. The summed E-state index contributed by atoms with van der Waals surface area (Å²) in [6.45, 7) is 4.22. The van der Waals surface area contributed by atoms with Crippen LogP contribution in [0.5, 0.6) is 0 Å². The van der Waals surface area contributed by atoms with Gasteiger partial charge in [0.05, 0.1) is 27.7 Å². The van der Waals surface area contributed by atoms with Gasteiger partial charge in [0.1, 0.15) is 19.8 Å². The Hall–Kier alpha value is -2.55. The van der Waals surface area contributed by atoms with Gasteiger partial charge in [-0.3, -0.25) is 18.6 Å². The Kier molecular flexibility index (Phi) is 38.1. The zero-order valence-electron chi connectivity index (χ0n) is 37.5. The lowest BCUT2D eigenvalue weighted by Gasteiger charge is -2.24. The van der Waals surface area contributed by atoms with Crippen LogP contribution in [0, 0.1) is 0 Å². The van der Waals surface area contributed by atoms with Gasteiger partial charge in [-0.05, 0) is 51.4 Å². The van der Waals surface area contributed by atoms with Crippen molar-refractivity contribution in [3.8, 4) is 0 Å². The van der Waals surface area contributed by atoms with Gasteiger partial charge in [0.25, 0.3) is 0 Å². The Morgan fingerprint density at radius 1 is 0.552 bits per heavy atom. The van der Waals surface area contributed by atoms with Crippen molar-refractivity contribution in [2.24, 2.45) is 0 Å². The molecule has 10 heteroatoms. The molecular formula is C48H85NO8P+. The molecule has 0 aromatic carbocycles. The monoisotopic (exact) mass is 835 g/mol. The first-order chi connectivity index (χ1) is 28.0. The van der Waals surface area contributed by atoms with E-state index < -0.39 is 26.5 Å². The predicted octanol–water partition coefficient (Wildman–Crippen LogP) is 13.0. The molecule has 0 radical (unpaired) electrons. The summed E-state index contributed by atoms with van der Waals surface area (Å²) >= 11 is 0. The minimum atomic E-state index is -4.40. The second-order valence-corrected chi connectivity index (χ2v) is 17.5. The summed E-state index contributed by atoms with van der Waals surface area (Å²) in [6.07, 6.45) is 49.6. The fourth-order valence-electron chi connectivity index (χ4n) is 5.75. The SMILES string of the molecule is CC/C=C/C/C=C/C/C=C/C/C=C/C/C=C/C/C=C/CCC(=O)OC(COC(=O)CCCCCCCCCCCCCCCCC)COP(=O)(O)OCC[N+](C)(C)C. The number of quaternary nitrogens is 1. The lowest BCUT2D eigenvalue weighted by molar-refractivity contribution is -0.870. The van der Waals surface area contributed by atoms with Crippen LogP contribution in [0.2, 0.25) is 0 Å². The van der Waals surface area contributed by atoms with Crippen LogP contribution in [0.1, 0.15) is 168 Å². The molecule has 2 atom stereocenters. The molecule has 58 heavy (non-hydrogen) atoms. The molecule has 1 N–H and O–H groups in total. The molecule has 0 saturated heterocycles. The minimum absolute atomic E-state index is 0.0158. The Labute approximate surface area is 355 Å². The molecule has 9 nitrogen and oxygen atoms in total. The number of likely N-dealkylation sites (N-methyl/N-ethyl adjacent to an activating group) is 1. The third-order valence-corrected chi connectivity index (χ3v) is 10.2. The quantitative estimate of drug-likeness (QED) is 0.0214. The van der Waals surface area contributed by atoms with E-state index in [1.54, 1.807) is 0 Å². The number of allylic oxidation sites excluding steroid dienone is 12. The highest BCUT2D eigenvalue weighted by molar-refractivity contribution is 7.47. The molecule has 0 amide bonds. The van der Waals surface area contributed by atoms with Crippen molar-refractivity contribution in [2.75, 3.05) is 47.5 Å². The molecule has 0 aromatic heterocycles. The van der Waals surface area contributed by atoms with Crippen molar-refractivity contribution in [3.63, 3.8) is 0 Å². The lowest BCUT2D eigenvalue weighted by Crippen LogP contribution is -2.37. The molecule has 0 fully saturated rings. The highest BCUT2D eigenvalue weighted by Crippen LogP contribution is 2.43. The summed E-state index contributed by atoms with van der Waals surface area (Å²) < 4.78 is 34.2. The van der Waals surface area contributed by atoms with Crippen LogP contribution in [-0.4, -0.2) is 74.9 Å². The van der Waals surface area contributed by atoms with Crippen molar-refractivity contribution < 1.29 is 42.1 Å². The number of rotatable bonds is 40. The molecule has 0 aromatic rings. The van der Waals surface area contributed by atoms with Gasteiger partial charge in [-0.2, -0.15) is 0 Å². The Bertz CT molecular complexity index is 1220. The topological polar surface area (TPSA) is 108 Å². The summed E-state index contributed by atoms with van der Waals surface area (Å²) in [5, 5.41) is 0. The molecule has 0 aliphatic carbocycles. The van der Waals surface area contributed by atoms with Crippen LogP contribution in [-0.2, 0) is 32.7 Å². The highest BCUT2D eigenvalue weighted by atomic mass is 31.2.